The van der Waals surface area contributed by atoms with Gasteiger partial charge in [-0.3, -0.25) is 4.79 Å². The van der Waals surface area contributed by atoms with Gasteiger partial charge in [0.1, 0.15) is 10.7 Å². The van der Waals surface area contributed by atoms with Crippen molar-refractivity contribution in [3.63, 3.8) is 0 Å². The fourth-order valence-corrected chi connectivity index (χ4v) is 5.74. The zero-order valence-corrected chi connectivity index (χ0v) is 18.8. The van der Waals surface area contributed by atoms with Crippen molar-refractivity contribution in [2.75, 3.05) is 20.1 Å². The van der Waals surface area contributed by atoms with Crippen LogP contribution in [0.2, 0.25) is 0 Å². The van der Waals surface area contributed by atoms with Gasteiger partial charge in [-0.25, -0.2) is 17.8 Å². The van der Waals surface area contributed by atoms with Gasteiger partial charge in [0.2, 0.25) is 15.9 Å². The second-order valence-corrected chi connectivity index (χ2v) is 10.7. The summed E-state index contributed by atoms with van der Waals surface area (Å²) in [5.74, 6) is -0.448. The minimum Gasteiger partial charge on any atom is -0.340 e. The Morgan fingerprint density at radius 3 is 2.60 bits per heavy atom. The highest BCUT2D eigenvalue weighted by Gasteiger charge is 2.26. The third kappa shape index (κ3) is 5.59. The number of carbonyl (C=O) groups is 1. The van der Waals surface area contributed by atoms with Crippen LogP contribution < -0.4 is 0 Å². The lowest BCUT2D eigenvalue weighted by molar-refractivity contribution is -0.129. The lowest BCUT2D eigenvalue weighted by atomic mass is 10.2. The number of hydrogen-bond donors (Lipinski definition) is 0. The standard InChI is InChI=1S/C21H26FN3O3S2/c1-16(21(26)24(2)15-17-7-6-8-18(22)13-17)29-20-10-9-19(14-23-20)30(27,28)25-11-4-3-5-12-25/h6-10,13-14,16H,3-5,11-12,15H2,1-2H3. The van der Waals surface area contributed by atoms with Gasteiger partial charge < -0.3 is 4.90 Å². The fourth-order valence-electron chi connectivity index (χ4n) is 3.37. The molecular formula is C21H26FN3O3S2. The highest BCUT2D eigenvalue weighted by Crippen LogP contribution is 2.25. The van der Waals surface area contributed by atoms with Crippen molar-refractivity contribution >= 4 is 27.7 Å². The van der Waals surface area contributed by atoms with Crippen molar-refractivity contribution in [2.45, 2.75) is 47.9 Å². The van der Waals surface area contributed by atoms with Crippen molar-refractivity contribution in [2.24, 2.45) is 0 Å². The molecule has 0 bridgehead atoms. The lowest BCUT2D eigenvalue weighted by Gasteiger charge is -2.25. The van der Waals surface area contributed by atoms with E-state index in [1.54, 1.807) is 43.1 Å². The van der Waals surface area contributed by atoms with Crippen LogP contribution in [0.25, 0.3) is 0 Å². The maximum Gasteiger partial charge on any atom is 0.244 e. The number of hydrogen-bond acceptors (Lipinski definition) is 5. The second-order valence-electron chi connectivity index (χ2n) is 7.38. The Morgan fingerprint density at radius 1 is 1.23 bits per heavy atom. The molecule has 0 spiro atoms. The molecule has 1 aliphatic rings. The van der Waals surface area contributed by atoms with Gasteiger partial charge in [0.05, 0.1) is 10.3 Å². The minimum absolute atomic E-state index is 0.115. The number of amides is 1. The molecule has 3 rings (SSSR count). The Labute approximate surface area is 181 Å². The SMILES string of the molecule is CC(Sc1ccc(S(=O)(=O)N2CCCCC2)cn1)C(=O)N(C)Cc1cccc(F)c1. The van der Waals surface area contributed by atoms with Crippen LogP contribution in [0.15, 0.2) is 52.5 Å². The predicted octanol–water partition coefficient (Wildman–Crippen LogP) is 3.53. The minimum atomic E-state index is -3.52. The quantitative estimate of drug-likeness (QED) is 0.603. The zero-order valence-electron chi connectivity index (χ0n) is 17.1. The molecule has 1 aromatic carbocycles. The van der Waals surface area contributed by atoms with Crippen LogP contribution >= 0.6 is 11.8 Å². The van der Waals surface area contributed by atoms with Gasteiger partial charge in [-0.1, -0.05) is 30.3 Å². The van der Waals surface area contributed by atoms with Crippen LogP contribution in [0, 0.1) is 5.82 Å². The summed E-state index contributed by atoms with van der Waals surface area (Å²) in [6.45, 7) is 3.17. The molecule has 0 N–H and O–H groups in total. The number of carbonyl (C=O) groups excluding carboxylic acids is 1. The Kier molecular flexibility index (Phi) is 7.49. The highest BCUT2D eigenvalue weighted by molar-refractivity contribution is 8.00. The van der Waals surface area contributed by atoms with E-state index in [1.807, 2.05) is 0 Å². The Morgan fingerprint density at radius 2 is 1.97 bits per heavy atom. The van der Waals surface area contributed by atoms with Gasteiger partial charge in [-0.15, -0.1) is 0 Å². The molecule has 0 aliphatic carbocycles. The third-order valence-electron chi connectivity index (χ3n) is 4.99. The smallest absolute Gasteiger partial charge is 0.244 e. The molecule has 30 heavy (non-hydrogen) atoms. The largest absolute Gasteiger partial charge is 0.340 e. The molecule has 6 nitrogen and oxygen atoms in total. The summed E-state index contributed by atoms with van der Waals surface area (Å²) in [6.07, 6.45) is 4.17. The van der Waals surface area contributed by atoms with Crippen LogP contribution in [0.4, 0.5) is 4.39 Å². The number of sulfonamides is 1. The lowest BCUT2D eigenvalue weighted by Crippen LogP contribution is -2.35. The maximum atomic E-state index is 13.3. The predicted molar refractivity (Wildman–Crippen MR) is 115 cm³/mol. The van der Waals surface area contributed by atoms with Gasteiger partial charge in [-0.05, 0) is 49.6 Å². The molecular weight excluding hydrogens is 425 g/mol. The van der Waals surface area contributed by atoms with Gasteiger partial charge >= 0.3 is 0 Å². The van der Waals surface area contributed by atoms with Crippen LogP contribution in [0.3, 0.4) is 0 Å². The molecule has 162 valence electrons. The molecule has 9 heteroatoms. The highest BCUT2D eigenvalue weighted by atomic mass is 32.2. The van der Waals surface area contributed by atoms with Crippen molar-refractivity contribution in [3.8, 4) is 0 Å². The molecule has 2 aromatic rings. The monoisotopic (exact) mass is 451 g/mol. The van der Waals surface area contributed by atoms with Gasteiger partial charge in [-0.2, -0.15) is 4.31 Å². The molecule has 1 aliphatic heterocycles. The molecule has 2 heterocycles. The molecule has 1 fully saturated rings. The van der Waals surface area contributed by atoms with E-state index in [0.29, 0.717) is 30.2 Å². The normalized spacial score (nSPS) is 16.2. The van der Waals surface area contributed by atoms with E-state index in [4.69, 9.17) is 0 Å². The number of pyridine rings is 1. The Balaban J connectivity index is 1.60. The van der Waals surface area contributed by atoms with E-state index < -0.39 is 15.3 Å². The Bertz CT molecular complexity index is 977. The van der Waals surface area contributed by atoms with Crippen molar-refractivity contribution in [3.05, 3.63) is 54.0 Å². The van der Waals surface area contributed by atoms with Crippen molar-refractivity contribution in [1.29, 1.82) is 0 Å². The van der Waals surface area contributed by atoms with E-state index in [-0.39, 0.29) is 16.6 Å². The number of piperidine rings is 1. The number of aromatic nitrogens is 1. The summed E-state index contributed by atoms with van der Waals surface area (Å²) in [4.78, 5) is 18.6. The molecule has 0 saturated carbocycles. The average molecular weight is 452 g/mol. The van der Waals surface area contributed by atoms with E-state index in [2.05, 4.69) is 4.98 Å². The van der Waals surface area contributed by atoms with Crippen LogP contribution in [0.5, 0.6) is 0 Å². The summed E-state index contributed by atoms with van der Waals surface area (Å²) in [7, 11) is -1.85. The number of rotatable bonds is 7. The Hall–Kier alpha value is -1.97. The zero-order chi connectivity index (χ0) is 21.7. The van der Waals surface area contributed by atoms with Crippen molar-refractivity contribution < 1.29 is 17.6 Å². The summed E-state index contributed by atoms with van der Waals surface area (Å²) in [5, 5.41) is 0.160. The molecule has 1 aromatic heterocycles. The van der Waals surface area contributed by atoms with E-state index >= 15 is 0 Å². The van der Waals surface area contributed by atoms with E-state index in [9.17, 15) is 17.6 Å². The fraction of sp³-hybridized carbons (Fsp3) is 0.429. The van der Waals surface area contributed by atoms with E-state index in [0.717, 1.165) is 19.3 Å². The van der Waals surface area contributed by atoms with Gasteiger partial charge in [0.25, 0.3) is 0 Å². The number of nitrogens with zero attached hydrogens (tertiary/aromatic N) is 3. The van der Waals surface area contributed by atoms with Gasteiger partial charge in [0, 0.05) is 32.9 Å². The first kappa shape index (κ1) is 22.7. The van der Waals surface area contributed by atoms with Crippen LogP contribution in [0.1, 0.15) is 31.7 Å². The first-order chi connectivity index (χ1) is 14.3. The summed E-state index contributed by atoms with van der Waals surface area (Å²) in [6, 6.07) is 9.35. The molecule has 0 radical (unpaired) electrons. The number of halogens is 1. The maximum absolute atomic E-state index is 13.3. The van der Waals surface area contributed by atoms with E-state index in [1.165, 1.54) is 34.4 Å². The van der Waals surface area contributed by atoms with Crippen LogP contribution in [-0.2, 0) is 21.4 Å². The molecule has 1 amide bonds. The number of thioether (sulfide) groups is 1. The topological polar surface area (TPSA) is 70.6 Å². The third-order valence-corrected chi connectivity index (χ3v) is 7.91. The van der Waals surface area contributed by atoms with Crippen LogP contribution in [-0.4, -0.2) is 53.9 Å². The molecule has 1 saturated heterocycles. The van der Waals surface area contributed by atoms with Gasteiger partial charge in [0.15, 0.2) is 0 Å². The number of benzene rings is 1. The van der Waals surface area contributed by atoms with Crippen molar-refractivity contribution in [1.82, 2.24) is 14.2 Å². The summed E-state index contributed by atoms with van der Waals surface area (Å²) < 4.78 is 40.3. The summed E-state index contributed by atoms with van der Waals surface area (Å²) >= 11 is 1.26. The first-order valence-corrected chi connectivity index (χ1v) is 12.2. The first-order valence-electron chi connectivity index (χ1n) is 9.89. The summed E-state index contributed by atoms with van der Waals surface area (Å²) in [5.41, 5.74) is 0.716. The molecule has 1 atom stereocenters. The average Bonchev–Trinajstić information content (AvgIpc) is 2.74. The molecule has 1 unspecified atom stereocenters. The second kappa shape index (κ2) is 9.89.